The van der Waals surface area contributed by atoms with Crippen LogP contribution in [0.4, 0.5) is 5.69 Å². The van der Waals surface area contributed by atoms with E-state index in [4.69, 9.17) is 0 Å². The summed E-state index contributed by atoms with van der Waals surface area (Å²) in [6, 6.07) is 27.2. The van der Waals surface area contributed by atoms with Gasteiger partial charge in [0.25, 0.3) is 0 Å². The number of hydrogen-bond donors (Lipinski definition) is 2. The van der Waals surface area contributed by atoms with Crippen LogP contribution in [-0.2, 0) is 17.6 Å². The van der Waals surface area contributed by atoms with Gasteiger partial charge < -0.3 is 10.3 Å². The van der Waals surface area contributed by atoms with Gasteiger partial charge in [0, 0.05) is 23.6 Å². The lowest BCUT2D eigenvalue weighted by Crippen LogP contribution is -2.08. The molecule has 4 nitrogen and oxygen atoms in total. The molecule has 0 saturated heterocycles. The molecule has 144 valence electrons. The Morgan fingerprint density at radius 1 is 0.897 bits per heavy atom. The zero-order valence-corrected chi connectivity index (χ0v) is 16.1. The normalized spacial score (nSPS) is 11.7. The van der Waals surface area contributed by atoms with Crippen molar-refractivity contribution in [3.05, 3.63) is 108 Å². The summed E-state index contributed by atoms with van der Waals surface area (Å²) in [6.45, 7) is 0. The van der Waals surface area contributed by atoms with E-state index in [1.807, 2.05) is 30.5 Å². The second kappa shape index (κ2) is 9.02. The molecule has 3 aromatic carbocycles. The molecular weight excluding hydrogens is 358 g/mol. The molecule has 4 heteroatoms. The Balaban J connectivity index is 1.66. The van der Waals surface area contributed by atoms with Crippen molar-refractivity contribution in [2.45, 2.75) is 18.8 Å². The Kier molecular flexibility index (Phi) is 5.81. The molecule has 0 aliphatic heterocycles. The van der Waals surface area contributed by atoms with Crippen LogP contribution in [-0.4, -0.2) is 16.4 Å². The van der Waals surface area contributed by atoms with Gasteiger partial charge >= 0.3 is 0 Å². The maximum atomic E-state index is 10.8. The van der Waals surface area contributed by atoms with Crippen molar-refractivity contribution in [3.63, 3.8) is 0 Å². The van der Waals surface area contributed by atoms with E-state index in [0.29, 0.717) is 12.3 Å². The van der Waals surface area contributed by atoms with Gasteiger partial charge in [0.2, 0.25) is 6.41 Å². The first-order valence-electron chi connectivity index (χ1n) is 9.74. The largest absolute Gasteiger partial charge is 0.345 e. The highest BCUT2D eigenvalue weighted by Gasteiger charge is 2.15. The van der Waals surface area contributed by atoms with E-state index in [-0.39, 0.29) is 0 Å². The minimum atomic E-state index is 0.304. The fraction of sp³-hybridized carbons (Fsp3) is 0.120. The minimum absolute atomic E-state index is 0.304. The molecule has 0 radical (unpaired) electrons. The number of anilines is 1. The molecule has 1 heterocycles. The number of H-pyrrole nitrogens is 1. The minimum Gasteiger partial charge on any atom is -0.345 e. The van der Waals surface area contributed by atoms with E-state index >= 15 is 0 Å². The van der Waals surface area contributed by atoms with Crippen LogP contribution < -0.4 is 5.32 Å². The number of hydrogen-bond acceptors (Lipinski definition) is 2. The first-order valence-corrected chi connectivity index (χ1v) is 9.74. The Morgan fingerprint density at radius 3 is 2.48 bits per heavy atom. The maximum Gasteiger partial charge on any atom is 0.211 e. The van der Waals surface area contributed by atoms with Crippen molar-refractivity contribution in [1.82, 2.24) is 9.97 Å². The summed E-state index contributed by atoms with van der Waals surface area (Å²) in [5, 5.41) is 2.75. The van der Waals surface area contributed by atoms with Gasteiger partial charge in [0.1, 0.15) is 5.82 Å². The third kappa shape index (κ3) is 4.79. The van der Waals surface area contributed by atoms with Crippen LogP contribution in [0.1, 0.15) is 22.6 Å². The van der Waals surface area contributed by atoms with Gasteiger partial charge in [0.15, 0.2) is 0 Å². The monoisotopic (exact) mass is 381 g/mol. The van der Waals surface area contributed by atoms with Crippen LogP contribution >= 0.6 is 0 Å². The fourth-order valence-electron chi connectivity index (χ4n) is 3.71. The van der Waals surface area contributed by atoms with Crippen molar-refractivity contribution in [2.24, 2.45) is 0 Å². The van der Waals surface area contributed by atoms with Crippen molar-refractivity contribution in [1.29, 1.82) is 0 Å². The summed E-state index contributed by atoms with van der Waals surface area (Å²) in [6.07, 6.45) is 6.15. The molecule has 29 heavy (non-hydrogen) atoms. The molecule has 0 aliphatic rings. The van der Waals surface area contributed by atoms with E-state index in [2.05, 4.69) is 69.9 Å². The second-order valence-electron chi connectivity index (χ2n) is 7.12. The fourth-order valence-corrected chi connectivity index (χ4v) is 3.71. The molecule has 2 N–H and O–H groups in total. The SMILES string of the molecule is O=CNc1cccc(CC(Cc2ccccc2)c2cccc(-c3ncc[nH]3)c2)c1. The van der Waals surface area contributed by atoms with E-state index in [9.17, 15) is 4.79 Å². The number of nitrogens with zero attached hydrogens (tertiary/aromatic N) is 1. The van der Waals surface area contributed by atoms with Crippen molar-refractivity contribution in [3.8, 4) is 11.4 Å². The predicted octanol–water partition coefficient (Wildman–Crippen LogP) is 5.21. The molecule has 0 bridgehead atoms. The van der Waals surface area contributed by atoms with E-state index < -0.39 is 0 Å². The molecule has 1 aromatic heterocycles. The first kappa shape index (κ1) is 18.7. The van der Waals surface area contributed by atoms with Crippen LogP contribution in [0.5, 0.6) is 0 Å². The summed E-state index contributed by atoms with van der Waals surface area (Å²) in [7, 11) is 0. The van der Waals surface area contributed by atoms with Crippen LogP contribution in [0.3, 0.4) is 0 Å². The Morgan fingerprint density at radius 2 is 1.69 bits per heavy atom. The van der Waals surface area contributed by atoms with E-state index in [1.54, 1.807) is 6.20 Å². The number of imidazole rings is 1. The number of nitrogens with one attached hydrogen (secondary N) is 2. The summed E-state index contributed by atoms with van der Waals surface area (Å²) in [5.41, 5.74) is 5.68. The summed E-state index contributed by atoms with van der Waals surface area (Å²) in [4.78, 5) is 18.4. The molecule has 1 atom stereocenters. The van der Waals surface area contributed by atoms with Crippen LogP contribution in [0.15, 0.2) is 91.3 Å². The molecular formula is C25H23N3O. The number of amides is 1. The number of aromatic nitrogens is 2. The molecule has 0 fully saturated rings. The second-order valence-corrected chi connectivity index (χ2v) is 7.12. The highest BCUT2D eigenvalue weighted by atomic mass is 16.1. The van der Waals surface area contributed by atoms with Gasteiger partial charge in [0.05, 0.1) is 0 Å². The molecule has 1 amide bonds. The number of carbonyl (C=O) groups excluding carboxylic acids is 1. The van der Waals surface area contributed by atoms with Gasteiger partial charge in [-0.1, -0.05) is 60.7 Å². The van der Waals surface area contributed by atoms with Crippen molar-refractivity contribution < 1.29 is 4.79 Å². The zero-order chi connectivity index (χ0) is 19.9. The highest BCUT2D eigenvalue weighted by molar-refractivity contribution is 5.71. The van der Waals surface area contributed by atoms with Gasteiger partial charge in [-0.05, 0) is 53.6 Å². The average molecular weight is 381 g/mol. The van der Waals surface area contributed by atoms with Gasteiger partial charge in [-0.2, -0.15) is 0 Å². The van der Waals surface area contributed by atoms with Gasteiger partial charge in [-0.15, -0.1) is 0 Å². The van der Waals surface area contributed by atoms with Crippen LogP contribution in [0.2, 0.25) is 0 Å². The maximum absolute atomic E-state index is 10.8. The number of rotatable bonds is 8. The summed E-state index contributed by atoms with van der Waals surface area (Å²) < 4.78 is 0. The first-order chi connectivity index (χ1) is 14.3. The third-order valence-electron chi connectivity index (χ3n) is 5.09. The molecule has 0 spiro atoms. The lowest BCUT2D eigenvalue weighted by Gasteiger charge is -2.19. The molecule has 4 rings (SSSR count). The summed E-state index contributed by atoms with van der Waals surface area (Å²) in [5.74, 6) is 1.18. The lowest BCUT2D eigenvalue weighted by molar-refractivity contribution is -0.105. The number of benzene rings is 3. The Hall–Kier alpha value is -3.66. The Labute approximate surface area is 170 Å². The highest BCUT2D eigenvalue weighted by Crippen LogP contribution is 2.29. The number of carbonyl (C=O) groups is 1. The van der Waals surface area contributed by atoms with Crippen LogP contribution in [0.25, 0.3) is 11.4 Å². The topological polar surface area (TPSA) is 57.8 Å². The molecule has 1 unspecified atom stereocenters. The van der Waals surface area contributed by atoms with Gasteiger partial charge in [-0.25, -0.2) is 4.98 Å². The van der Waals surface area contributed by atoms with Gasteiger partial charge in [-0.3, -0.25) is 4.79 Å². The lowest BCUT2D eigenvalue weighted by atomic mass is 9.86. The molecule has 0 saturated carbocycles. The van der Waals surface area contributed by atoms with Crippen molar-refractivity contribution in [2.75, 3.05) is 5.32 Å². The quantitative estimate of drug-likeness (QED) is 0.411. The predicted molar refractivity (Wildman–Crippen MR) is 117 cm³/mol. The Bertz CT molecular complexity index is 1060. The molecule has 0 aliphatic carbocycles. The van der Waals surface area contributed by atoms with Crippen molar-refractivity contribution >= 4 is 12.1 Å². The standard InChI is InChI=1S/C25H23N3O/c29-18-28-24-11-4-8-20(16-24)15-23(14-19-6-2-1-3-7-19)21-9-5-10-22(17-21)25-26-12-13-27-25/h1-13,16-18,23H,14-15H2,(H,26,27)(H,28,29). The van der Waals surface area contributed by atoms with E-state index in [0.717, 1.165) is 29.9 Å². The summed E-state index contributed by atoms with van der Waals surface area (Å²) >= 11 is 0. The van der Waals surface area contributed by atoms with Crippen LogP contribution in [0, 0.1) is 0 Å². The van der Waals surface area contributed by atoms with E-state index in [1.165, 1.54) is 16.7 Å². The third-order valence-corrected chi connectivity index (χ3v) is 5.09. The zero-order valence-electron chi connectivity index (χ0n) is 16.1. The smallest absolute Gasteiger partial charge is 0.211 e. The average Bonchev–Trinajstić information content (AvgIpc) is 3.30. The molecule has 4 aromatic rings. The number of aromatic amines is 1.